The van der Waals surface area contributed by atoms with Gasteiger partial charge in [0.2, 0.25) is 0 Å². The van der Waals surface area contributed by atoms with Crippen molar-refractivity contribution in [3.05, 3.63) is 84.6 Å². The summed E-state index contributed by atoms with van der Waals surface area (Å²) in [5.41, 5.74) is 4.09. The summed E-state index contributed by atoms with van der Waals surface area (Å²) in [5.74, 6) is -0.360. The van der Waals surface area contributed by atoms with Crippen molar-refractivity contribution in [3.63, 3.8) is 0 Å². The largest absolute Gasteiger partial charge is 0.465 e. The molecule has 3 heteroatoms. The molecule has 0 spiro atoms. The second-order valence-corrected chi connectivity index (χ2v) is 5.06. The van der Waals surface area contributed by atoms with Gasteiger partial charge in [-0.25, -0.2) is 4.79 Å². The molecule has 1 heterocycles. The summed E-state index contributed by atoms with van der Waals surface area (Å²) in [6.45, 7) is 3.88. The maximum atomic E-state index is 12.3. The van der Waals surface area contributed by atoms with Crippen LogP contribution in [0.3, 0.4) is 0 Å². The Morgan fingerprint density at radius 2 is 1.65 bits per heavy atom. The molecule has 0 atom stereocenters. The number of hydrogen-bond donors (Lipinski definition) is 0. The van der Waals surface area contributed by atoms with Gasteiger partial charge in [0.05, 0.1) is 18.4 Å². The maximum absolute atomic E-state index is 12.3. The van der Waals surface area contributed by atoms with Gasteiger partial charge in [0.1, 0.15) is 0 Å². The number of esters is 1. The molecule has 0 N–H and O–H groups in total. The van der Waals surface area contributed by atoms with Gasteiger partial charge in [-0.05, 0) is 29.8 Å². The average molecular weight is 303 g/mol. The molecule has 0 aliphatic carbocycles. The van der Waals surface area contributed by atoms with E-state index in [1.54, 1.807) is 6.08 Å². The van der Waals surface area contributed by atoms with Crippen LogP contribution in [0.1, 0.15) is 16.1 Å². The molecular weight excluding hydrogens is 286 g/mol. The quantitative estimate of drug-likeness (QED) is 0.661. The molecule has 1 aromatic heterocycles. The van der Waals surface area contributed by atoms with E-state index in [9.17, 15) is 4.79 Å². The average Bonchev–Trinajstić information content (AvgIpc) is 3.02. The van der Waals surface area contributed by atoms with Gasteiger partial charge in [-0.3, -0.25) is 0 Å². The van der Waals surface area contributed by atoms with E-state index in [2.05, 4.69) is 6.58 Å². The van der Waals surface area contributed by atoms with Crippen LogP contribution >= 0.6 is 0 Å². The first kappa shape index (κ1) is 14.9. The minimum Gasteiger partial charge on any atom is -0.465 e. The number of benzene rings is 2. The van der Waals surface area contributed by atoms with E-state index in [1.807, 2.05) is 71.3 Å². The van der Waals surface area contributed by atoms with Crippen molar-refractivity contribution in [1.29, 1.82) is 0 Å². The second-order valence-electron chi connectivity index (χ2n) is 5.06. The highest BCUT2D eigenvalue weighted by Gasteiger charge is 2.21. The Hall–Kier alpha value is -3.07. The molecule has 0 fully saturated rings. The molecule has 0 saturated carbocycles. The smallest absolute Gasteiger partial charge is 0.340 e. The summed E-state index contributed by atoms with van der Waals surface area (Å²) < 4.78 is 6.98. The first-order chi connectivity index (χ1) is 11.3. The van der Waals surface area contributed by atoms with Gasteiger partial charge in [0, 0.05) is 11.4 Å². The topological polar surface area (TPSA) is 31.2 Å². The predicted octanol–water partition coefficient (Wildman–Crippen LogP) is 4.57. The molecule has 0 saturated heterocycles. The third-order valence-corrected chi connectivity index (χ3v) is 3.71. The number of para-hydroxylation sites is 1. The number of aromatic nitrogens is 1. The lowest BCUT2D eigenvalue weighted by Crippen LogP contribution is -2.05. The Kier molecular flexibility index (Phi) is 4.11. The Labute approximate surface area is 135 Å². The molecule has 0 aliphatic rings. The Morgan fingerprint density at radius 3 is 2.22 bits per heavy atom. The lowest BCUT2D eigenvalue weighted by Gasteiger charge is -2.13. The predicted molar refractivity (Wildman–Crippen MR) is 92.6 cm³/mol. The number of nitrogens with zero attached hydrogens (tertiary/aromatic N) is 1. The fraction of sp³-hybridized carbons (Fsp3) is 0.0500. The summed E-state index contributed by atoms with van der Waals surface area (Å²) in [6.07, 6.45) is 1.74. The number of ether oxygens (including phenoxy) is 1. The van der Waals surface area contributed by atoms with Crippen LogP contribution in [-0.2, 0) is 4.74 Å². The summed E-state index contributed by atoms with van der Waals surface area (Å²) in [5, 5.41) is 0. The van der Waals surface area contributed by atoms with Crippen LogP contribution in [0.25, 0.3) is 23.0 Å². The second kappa shape index (κ2) is 6.36. The monoisotopic (exact) mass is 303 g/mol. The highest BCUT2D eigenvalue weighted by Crippen LogP contribution is 2.32. The van der Waals surface area contributed by atoms with E-state index in [0.717, 1.165) is 22.6 Å². The number of carbonyl (C=O) groups excluding carboxylic acids is 1. The first-order valence-corrected chi connectivity index (χ1v) is 7.33. The molecule has 0 unspecified atom stereocenters. The van der Waals surface area contributed by atoms with Crippen molar-refractivity contribution < 1.29 is 9.53 Å². The van der Waals surface area contributed by atoms with Gasteiger partial charge in [-0.2, -0.15) is 0 Å². The van der Waals surface area contributed by atoms with E-state index in [0.29, 0.717) is 5.56 Å². The molecule has 3 nitrogen and oxygen atoms in total. The summed E-state index contributed by atoms with van der Waals surface area (Å²) in [4.78, 5) is 12.3. The highest BCUT2D eigenvalue weighted by molar-refractivity contribution is 5.98. The van der Waals surface area contributed by atoms with Gasteiger partial charge in [0.15, 0.2) is 0 Å². The van der Waals surface area contributed by atoms with Gasteiger partial charge in [-0.15, -0.1) is 0 Å². The van der Waals surface area contributed by atoms with Gasteiger partial charge >= 0.3 is 5.97 Å². The van der Waals surface area contributed by atoms with Crippen molar-refractivity contribution in [3.8, 4) is 16.9 Å². The molecule has 2 aromatic carbocycles. The molecule has 3 rings (SSSR count). The molecule has 0 amide bonds. The van der Waals surface area contributed by atoms with Crippen LogP contribution in [0.2, 0.25) is 0 Å². The summed E-state index contributed by atoms with van der Waals surface area (Å²) >= 11 is 0. The van der Waals surface area contributed by atoms with Crippen LogP contribution in [0, 0.1) is 0 Å². The van der Waals surface area contributed by atoms with E-state index >= 15 is 0 Å². The van der Waals surface area contributed by atoms with E-state index in [1.165, 1.54) is 7.11 Å². The van der Waals surface area contributed by atoms with Crippen molar-refractivity contribution >= 4 is 12.0 Å². The van der Waals surface area contributed by atoms with Crippen molar-refractivity contribution in [2.75, 3.05) is 7.11 Å². The molecule has 114 valence electrons. The first-order valence-electron chi connectivity index (χ1n) is 7.33. The molecule has 0 aliphatic heterocycles. The SMILES string of the molecule is C=Cc1cc(C(=O)OC)c(-c2ccccc2)n1-c1ccccc1. The normalized spacial score (nSPS) is 10.3. The van der Waals surface area contributed by atoms with Crippen molar-refractivity contribution in [1.82, 2.24) is 4.57 Å². The summed E-state index contributed by atoms with van der Waals surface area (Å²) in [6, 6.07) is 21.5. The number of carbonyl (C=O) groups is 1. The van der Waals surface area contributed by atoms with Gasteiger partial charge < -0.3 is 9.30 Å². The molecule has 23 heavy (non-hydrogen) atoms. The zero-order valence-electron chi connectivity index (χ0n) is 12.9. The molecule has 0 bridgehead atoms. The number of rotatable bonds is 4. The Balaban J connectivity index is 2.35. The fourth-order valence-electron chi connectivity index (χ4n) is 2.68. The van der Waals surface area contributed by atoms with E-state index < -0.39 is 0 Å². The minimum absolute atomic E-state index is 0.360. The lowest BCUT2D eigenvalue weighted by atomic mass is 10.1. The van der Waals surface area contributed by atoms with Gasteiger partial charge in [0.25, 0.3) is 0 Å². The van der Waals surface area contributed by atoms with E-state index in [4.69, 9.17) is 4.74 Å². The lowest BCUT2D eigenvalue weighted by molar-refractivity contribution is 0.0602. The van der Waals surface area contributed by atoms with E-state index in [-0.39, 0.29) is 5.97 Å². The zero-order valence-corrected chi connectivity index (χ0v) is 12.9. The van der Waals surface area contributed by atoms with Crippen LogP contribution in [0.5, 0.6) is 0 Å². The number of methoxy groups -OCH3 is 1. The standard InChI is InChI=1S/C20H17NO2/c1-3-16-14-18(20(22)23-2)19(15-10-6-4-7-11-15)21(16)17-12-8-5-9-13-17/h3-14H,1H2,2H3. The summed E-state index contributed by atoms with van der Waals surface area (Å²) in [7, 11) is 1.39. The molecular formula is C20H17NO2. The Morgan fingerprint density at radius 1 is 1.04 bits per heavy atom. The van der Waals surface area contributed by atoms with Crippen LogP contribution in [-0.4, -0.2) is 17.6 Å². The minimum atomic E-state index is -0.360. The maximum Gasteiger partial charge on any atom is 0.340 e. The van der Waals surface area contributed by atoms with Gasteiger partial charge in [-0.1, -0.05) is 55.1 Å². The zero-order chi connectivity index (χ0) is 16.2. The highest BCUT2D eigenvalue weighted by atomic mass is 16.5. The number of hydrogen-bond acceptors (Lipinski definition) is 2. The third-order valence-electron chi connectivity index (χ3n) is 3.71. The molecule has 3 aromatic rings. The van der Waals surface area contributed by atoms with Crippen LogP contribution in [0.15, 0.2) is 73.3 Å². The fourth-order valence-corrected chi connectivity index (χ4v) is 2.68. The van der Waals surface area contributed by atoms with Crippen molar-refractivity contribution in [2.45, 2.75) is 0 Å². The van der Waals surface area contributed by atoms with Crippen LogP contribution in [0.4, 0.5) is 0 Å². The Bertz CT molecular complexity index is 833. The molecule has 0 radical (unpaired) electrons. The van der Waals surface area contributed by atoms with Crippen molar-refractivity contribution in [2.24, 2.45) is 0 Å². The van der Waals surface area contributed by atoms with Crippen LogP contribution < -0.4 is 0 Å². The third kappa shape index (κ3) is 2.69.